The first kappa shape index (κ1) is 11.6. The highest BCUT2D eigenvalue weighted by molar-refractivity contribution is 6.56. The Hall–Kier alpha value is -0.473. The van der Waals surface area contributed by atoms with E-state index in [1.807, 2.05) is 0 Å². The summed E-state index contributed by atoms with van der Waals surface area (Å²) < 4.78 is 0. The van der Waals surface area contributed by atoms with Crippen molar-refractivity contribution in [1.82, 2.24) is 4.90 Å². The van der Waals surface area contributed by atoms with E-state index in [1.165, 1.54) is 4.90 Å². The van der Waals surface area contributed by atoms with Crippen molar-refractivity contribution >= 4 is 14.7 Å². The minimum atomic E-state index is -3.97. The molecule has 1 rings (SSSR count). The quantitative estimate of drug-likeness (QED) is 0.407. The van der Waals surface area contributed by atoms with Gasteiger partial charge in [0.15, 0.2) is 0 Å². The molecular weight excluding hydrogens is 206 g/mol. The van der Waals surface area contributed by atoms with Crippen LogP contribution in [0.5, 0.6) is 0 Å². The number of carbonyl (C=O) groups excluding carboxylic acids is 1. The van der Waals surface area contributed by atoms with Gasteiger partial charge in [0.05, 0.1) is 12.5 Å². The summed E-state index contributed by atoms with van der Waals surface area (Å²) in [5.74, 6) is -0.126. The molecular formula is C7H15NO5Si. The molecule has 6 nitrogen and oxygen atoms in total. The van der Waals surface area contributed by atoms with Gasteiger partial charge in [0.1, 0.15) is 0 Å². The standard InChI is InChI=1S/C7H15NO5Si/c9-6-4-7(10)8(5-6)2-1-3-14(11,12)13/h6,9,11-13H,1-5H2. The molecule has 1 aliphatic rings. The van der Waals surface area contributed by atoms with Gasteiger partial charge in [-0.25, -0.2) is 0 Å². The van der Waals surface area contributed by atoms with Gasteiger partial charge in [0.2, 0.25) is 5.91 Å². The normalized spacial score (nSPS) is 23.3. The number of carbonyl (C=O) groups is 1. The molecule has 0 spiro atoms. The lowest BCUT2D eigenvalue weighted by molar-refractivity contribution is -0.127. The maximum Gasteiger partial charge on any atom is 0.492 e. The van der Waals surface area contributed by atoms with Crippen LogP contribution in [-0.2, 0) is 4.79 Å². The minimum Gasteiger partial charge on any atom is -0.391 e. The van der Waals surface area contributed by atoms with Crippen molar-refractivity contribution in [3.8, 4) is 0 Å². The van der Waals surface area contributed by atoms with E-state index in [0.717, 1.165) is 0 Å². The maximum atomic E-state index is 11.1. The number of aliphatic hydroxyl groups is 1. The van der Waals surface area contributed by atoms with Crippen molar-refractivity contribution in [2.45, 2.75) is 25.0 Å². The van der Waals surface area contributed by atoms with Crippen LogP contribution in [0.1, 0.15) is 12.8 Å². The fraction of sp³-hybridized carbons (Fsp3) is 0.857. The molecule has 82 valence electrons. The van der Waals surface area contributed by atoms with E-state index in [2.05, 4.69) is 0 Å². The molecule has 1 heterocycles. The first-order valence-electron chi connectivity index (χ1n) is 4.51. The third-order valence-corrected chi connectivity index (χ3v) is 3.16. The van der Waals surface area contributed by atoms with Gasteiger partial charge in [-0.15, -0.1) is 0 Å². The summed E-state index contributed by atoms with van der Waals surface area (Å²) in [6.07, 6.45) is -0.129. The Balaban J connectivity index is 2.22. The van der Waals surface area contributed by atoms with E-state index < -0.39 is 14.9 Å². The van der Waals surface area contributed by atoms with E-state index in [-0.39, 0.29) is 18.4 Å². The highest BCUT2D eigenvalue weighted by atomic mass is 28.4. The number of amides is 1. The number of nitrogens with zero attached hydrogens (tertiary/aromatic N) is 1. The topological polar surface area (TPSA) is 101 Å². The Kier molecular flexibility index (Phi) is 3.62. The first-order valence-corrected chi connectivity index (χ1v) is 6.56. The largest absolute Gasteiger partial charge is 0.492 e. The number of rotatable bonds is 4. The zero-order chi connectivity index (χ0) is 10.8. The van der Waals surface area contributed by atoms with Gasteiger partial charge >= 0.3 is 8.80 Å². The van der Waals surface area contributed by atoms with Crippen LogP contribution in [0.25, 0.3) is 0 Å². The average molecular weight is 221 g/mol. The summed E-state index contributed by atoms with van der Waals surface area (Å²) in [5.41, 5.74) is 0. The molecule has 14 heavy (non-hydrogen) atoms. The molecule has 1 fully saturated rings. The lowest BCUT2D eigenvalue weighted by atomic mass is 10.3. The van der Waals surface area contributed by atoms with Crippen LogP contribution in [0.4, 0.5) is 0 Å². The van der Waals surface area contributed by atoms with Crippen LogP contribution < -0.4 is 0 Å². The summed E-state index contributed by atoms with van der Waals surface area (Å²) in [6.45, 7) is 0.655. The highest BCUT2D eigenvalue weighted by Crippen LogP contribution is 2.12. The average Bonchev–Trinajstić information content (AvgIpc) is 2.27. The van der Waals surface area contributed by atoms with Crippen molar-refractivity contribution in [2.75, 3.05) is 13.1 Å². The van der Waals surface area contributed by atoms with Crippen LogP contribution in [0.3, 0.4) is 0 Å². The van der Waals surface area contributed by atoms with Crippen LogP contribution >= 0.6 is 0 Å². The fourth-order valence-corrected chi connectivity index (χ4v) is 2.11. The number of hydrogen-bond acceptors (Lipinski definition) is 5. The molecule has 0 bridgehead atoms. The Morgan fingerprint density at radius 3 is 2.50 bits per heavy atom. The zero-order valence-corrected chi connectivity index (χ0v) is 8.76. The summed E-state index contributed by atoms with van der Waals surface area (Å²) in [4.78, 5) is 38.7. The second-order valence-electron chi connectivity index (χ2n) is 3.58. The van der Waals surface area contributed by atoms with Crippen LogP contribution in [0.2, 0.25) is 6.04 Å². The molecule has 0 aromatic carbocycles. The Morgan fingerprint density at radius 1 is 1.43 bits per heavy atom. The predicted molar refractivity (Wildman–Crippen MR) is 49.0 cm³/mol. The van der Waals surface area contributed by atoms with Crippen molar-refractivity contribution < 1.29 is 24.3 Å². The second kappa shape index (κ2) is 4.37. The SMILES string of the molecule is O=C1CC(O)CN1CCC[Si](O)(O)O. The molecule has 0 aliphatic carbocycles. The minimum absolute atomic E-state index is 0.0765. The third-order valence-electron chi connectivity index (χ3n) is 2.13. The molecule has 0 aromatic rings. The van der Waals surface area contributed by atoms with Crippen LogP contribution in [0.15, 0.2) is 0 Å². The second-order valence-corrected chi connectivity index (χ2v) is 5.62. The molecule has 7 heteroatoms. The van der Waals surface area contributed by atoms with Gasteiger partial charge < -0.3 is 24.4 Å². The molecule has 0 saturated carbocycles. The van der Waals surface area contributed by atoms with Gasteiger partial charge in [-0.3, -0.25) is 4.79 Å². The molecule has 0 aromatic heterocycles. The highest BCUT2D eigenvalue weighted by Gasteiger charge is 2.30. The monoisotopic (exact) mass is 221 g/mol. The molecule has 4 N–H and O–H groups in total. The van der Waals surface area contributed by atoms with Gasteiger partial charge in [0.25, 0.3) is 0 Å². The van der Waals surface area contributed by atoms with Crippen molar-refractivity contribution in [2.24, 2.45) is 0 Å². The maximum absolute atomic E-state index is 11.1. The molecule has 1 saturated heterocycles. The lowest BCUT2D eigenvalue weighted by Crippen LogP contribution is -2.36. The van der Waals surface area contributed by atoms with Gasteiger partial charge in [0, 0.05) is 19.1 Å². The summed E-state index contributed by atoms with van der Waals surface area (Å²) in [7, 11) is -3.97. The van der Waals surface area contributed by atoms with Crippen LogP contribution in [0, 0.1) is 0 Å². The van der Waals surface area contributed by atoms with Gasteiger partial charge in [-0.2, -0.15) is 0 Å². The summed E-state index contributed by atoms with van der Waals surface area (Å²) in [6, 6.07) is -0.0765. The Bertz CT molecular complexity index is 217. The van der Waals surface area contributed by atoms with E-state index in [1.54, 1.807) is 0 Å². The van der Waals surface area contributed by atoms with Gasteiger partial charge in [-0.05, 0) is 6.42 Å². The number of likely N-dealkylation sites (tertiary alicyclic amines) is 1. The first-order chi connectivity index (χ1) is 6.38. The van der Waals surface area contributed by atoms with Crippen LogP contribution in [-0.4, -0.2) is 58.3 Å². The summed E-state index contributed by atoms with van der Waals surface area (Å²) in [5, 5.41) is 9.13. The lowest BCUT2D eigenvalue weighted by Gasteiger charge is -2.16. The van der Waals surface area contributed by atoms with Crippen molar-refractivity contribution in [1.29, 1.82) is 0 Å². The van der Waals surface area contributed by atoms with E-state index >= 15 is 0 Å². The molecule has 1 amide bonds. The van der Waals surface area contributed by atoms with E-state index in [0.29, 0.717) is 19.5 Å². The van der Waals surface area contributed by atoms with E-state index in [9.17, 15) is 4.79 Å². The number of aliphatic hydroxyl groups excluding tert-OH is 1. The fourth-order valence-electron chi connectivity index (χ4n) is 1.47. The van der Waals surface area contributed by atoms with E-state index in [4.69, 9.17) is 19.5 Å². The van der Waals surface area contributed by atoms with Crippen molar-refractivity contribution in [3.63, 3.8) is 0 Å². The number of hydrogen-bond donors (Lipinski definition) is 4. The summed E-state index contributed by atoms with van der Waals surface area (Å²) >= 11 is 0. The smallest absolute Gasteiger partial charge is 0.391 e. The molecule has 1 unspecified atom stereocenters. The molecule has 1 aliphatic heterocycles. The Morgan fingerprint density at radius 2 is 2.07 bits per heavy atom. The van der Waals surface area contributed by atoms with Crippen molar-refractivity contribution in [3.05, 3.63) is 0 Å². The zero-order valence-electron chi connectivity index (χ0n) is 7.76. The third kappa shape index (κ3) is 3.72. The molecule has 1 atom stereocenters. The number of β-amino-alcohol motifs (C(OH)–C–C–N with tert-alkyl or cyclic N) is 1. The van der Waals surface area contributed by atoms with Gasteiger partial charge in [-0.1, -0.05) is 0 Å². The Labute approximate surface area is 82.8 Å². The predicted octanol–water partition coefficient (Wildman–Crippen LogP) is -2.11. The molecule has 0 radical (unpaired) electrons.